The Hall–Kier alpha value is -4.60. The minimum Gasteiger partial charge on any atom is -0.508 e. The summed E-state index contributed by atoms with van der Waals surface area (Å²) >= 11 is 0. The molecule has 0 saturated heterocycles. The monoisotopic (exact) mass is 437 g/mol. The standard InChI is InChI=1S/C22H19N3O7/c26-19-10-6-16(7-11-19)14-24(23-21(27)31-15-17-4-2-1-3-5-17)22(28)32-20-12-8-18(9-13-20)25(29)30/h1-13,26H,14-15H2,(H,23,27). The Morgan fingerprint density at radius 3 is 2.22 bits per heavy atom. The first-order chi connectivity index (χ1) is 15.4. The predicted molar refractivity (Wildman–Crippen MR) is 113 cm³/mol. The van der Waals surface area contributed by atoms with Gasteiger partial charge in [0, 0.05) is 12.1 Å². The molecule has 0 aromatic heterocycles. The smallest absolute Gasteiger partial charge is 0.434 e. The highest BCUT2D eigenvalue weighted by molar-refractivity contribution is 5.75. The van der Waals surface area contributed by atoms with Crippen LogP contribution in [0, 0.1) is 10.1 Å². The van der Waals surface area contributed by atoms with Crippen molar-refractivity contribution in [2.24, 2.45) is 0 Å². The van der Waals surface area contributed by atoms with Crippen LogP contribution in [-0.2, 0) is 17.9 Å². The van der Waals surface area contributed by atoms with Gasteiger partial charge in [-0.1, -0.05) is 42.5 Å². The Morgan fingerprint density at radius 2 is 1.59 bits per heavy atom. The SMILES string of the molecule is O=C(NN(Cc1ccc(O)cc1)C(=O)Oc1ccc([N+](=O)[O-])cc1)OCc1ccccc1. The van der Waals surface area contributed by atoms with Crippen LogP contribution in [0.5, 0.6) is 11.5 Å². The molecule has 164 valence electrons. The van der Waals surface area contributed by atoms with Gasteiger partial charge in [0.2, 0.25) is 0 Å². The summed E-state index contributed by atoms with van der Waals surface area (Å²) < 4.78 is 10.4. The molecule has 3 aromatic carbocycles. The zero-order chi connectivity index (χ0) is 22.9. The molecule has 0 atom stereocenters. The zero-order valence-corrected chi connectivity index (χ0v) is 16.7. The fourth-order valence-corrected chi connectivity index (χ4v) is 2.59. The molecule has 0 spiro atoms. The van der Waals surface area contributed by atoms with Crippen LogP contribution in [0.2, 0.25) is 0 Å². The lowest BCUT2D eigenvalue weighted by molar-refractivity contribution is -0.384. The number of nitro groups is 1. The number of carbonyl (C=O) groups excluding carboxylic acids is 2. The number of hydrogen-bond acceptors (Lipinski definition) is 7. The van der Waals surface area contributed by atoms with Gasteiger partial charge in [0.15, 0.2) is 0 Å². The molecule has 0 aliphatic carbocycles. The highest BCUT2D eigenvalue weighted by Crippen LogP contribution is 2.18. The van der Waals surface area contributed by atoms with Gasteiger partial charge in [-0.25, -0.2) is 20.0 Å². The molecule has 10 heteroatoms. The number of nitro benzene ring substituents is 1. The van der Waals surface area contributed by atoms with Crippen molar-refractivity contribution in [1.82, 2.24) is 10.4 Å². The second-order valence-corrected chi connectivity index (χ2v) is 6.55. The third-order valence-corrected chi connectivity index (χ3v) is 4.19. The number of amides is 2. The van der Waals surface area contributed by atoms with E-state index in [4.69, 9.17) is 9.47 Å². The van der Waals surface area contributed by atoms with Gasteiger partial charge >= 0.3 is 12.2 Å². The Labute approximate surface area is 182 Å². The Kier molecular flexibility index (Phi) is 7.20. The summed E-state index contributed by atoms with van der Waals surface area (Å²) in [4.78, 5) is 35.1. The number of aromatic hydroxyl groups is 1. The van der Waals surface area contributed by atoms with E-state index < -0.39 is 17.1 Å². The number of rotatable bonds is 6. The van der Waals surface area contributed by atoms with Gasteiger partial charge in [-0.2, -0.15) is 0 Å². The number of phenols is 1. The number of hydrogen-bond donors (Lipinski definition) is 2. The van der Waals surface area contributed by atoms with E-state index in [2.05, 4.69) is 5.43 Å². The molecule has 0 unspecified atom stereocenters. The van der Waals surface area contributed by atoms with Crippen molar-refractivity contribution in [3.05, 3.63) is 100 Å². The number of non-ortho nitro benzene ring substituents is 1. The highest BCUT2D eigenvalue weighted by atomic mass is 16.6. The van der Waals surface area contributed by atoms with Crippen molar-refractivity contribution in [2.75, 3.05) is 0 Å². The van der Waals surface area contributed by atoms with Crippen LogP contribution in [0.4, 0.5) is 15.3 Å². The second kappa shape index (κ2) is 10.4. The largest absolute Gasteiger partial charge is 0.508 e. The number of benzene rings is 3. The molecule has 0 bridgehead atoms. The molecule has 0 aliphatic rings. The number of nitrogens with one attached hydrogen (secondary N) is 1. The van der Waals surface area contributed by atoms with Gasteiger partial charge in [0.25, 0.3) is 5.69 Å². The van der Waals surface area contributed by atoms with Crippen LogP contribution in [0.1, 0.15) is 11.1 Å². The van der Waals surface area contributed by atoms with Crippen LogP contribution in [0.3, 0.4) is 0 Å². The number of ether oxygens (including phenoxy) is 2. The van der Waals surface area contributed by atoms with E-state index in [1.807, 2.05) is 6.07 Å². The van der Waals surface area contributed by atoms with Crippen LogP contribution < -0.4 is 10.2 Å². The third-order valence-electron chi connectivity index (χ3n) is 4.19. The van der Waals surface area contributed by atoms with Crippen molar-refractivity contribution in [3.63, 3.8) is 0 Å². The van der Waals surface area contributed by atoms with Gasteiger partial charge in [-0.15, -0.1) is 0 Å². The molecular weight excluding hydrogens is 418 g/mol. The van der Waals surface area contributed by atoms with E-state index in [1.54, 1.807) is 36.4 Å². The van der Waals surface area contributed by atoms with E-state index in [-0.39, 0.29) is 30.3 Å². The Morgan fingerprint density at radius 1 is 0.938 bits per heavy atom. The first kappa shape index (κ1) is 22.1. The molecule has 32 heavy (non-hydrogen) atoms. The molecule has 3 aromatic rings. The molecule has 0 radical (unpaired) electrons. The van der Waals surface area contributed by atoms with Crippen molar-refractivity contribution < 1.29 is 29.1 Å². The summed E-state index contributed by atoms with van der Waals surface area (Å²) in [6, 6.07) is 19.9. The molecule has 0 aliphatic heterocycles. The molecule has 0 saturated carbocycles. The van der Waals surface area contributed by atoms with Gasteiger partial charge < -0.3 is 14.6 Å². The van der Waals surface area contributed by atoms with Crippen LogP contribution in [-0.4, -0.2) is 27.2 Å². The maximum atomic E-state index is 12.7. The fraction of sp³-hybridized carbons (Fsp3) is 0.0909. The Balaban J connectivity index is 1.68. The summed E-state index contributed by atoms with van der Waals surface area (Å²) in [5.74, 6) is 0.0970. The van der Waals surface area contributed by atoms with Gasteiger partial charge in [0.05, 0.1) is 11.5 Å². The van der Waals surface area contributed by atoms with Crippen molar-refractivity contribution in [3.8, 4) is 11.5 Å². The summed E-state index contributed by atoms with van der Waals surface area (Å²) in [6.45, 7) is -0.0936. The average Bonchev–Trinajstić information content (AvgIpc) is 2.79. The minimum atomic E-state index is -0.941. The third kappa shape index (κ3) is 6.46. The topological polar surface area (TPSA) is 131 Å². The van der Waals surface area contributed by atoms with E-state index in [1.165, 1.54) is 36.4 Å². The van der Waals surface area contributed by atoms with Crippen molar-refractivity contribution >= 4 is 17.9 Å². The lowest BCUT2D eigenvalue weighted by Crippen LogP contribution is -2.47. The molecule has 2 N–H and O–H groups in total. The van der Waals surface area contributed by atoms with E-state index >= 15 is 0 Å². The molecule has 0 heterocycles. The molecule has 2 amide bonds. The van der Waals surface area contributed by atoms with E-state index in [0.717, 1.165) is 10.6 Å². The van der Waals surface area contributed by atoms with Crippen LogP contribution in [0.15, 0.2) is 78.9 Å². The van der Waals surface area contributed by atoms with Crippen molar-refractivity contribution in [2.45, 2.75) is 13.2 Å². The lowest BCUT2D eigenvalue weighted by atomic mass is 10.2. The summed E-state index contributed by atoms with van der Waals surface area (Å²) in [5.41, 5.74) is 3.52. The van der Waals surface area contributed by atoms with Crippen LogP contribution in [0.25, 0.3) is 0 Å². The van der Waals surface area contributed by atoms with Gasteiger partial charge in [-0.3, -0.25) is 10.1 Å². The quantitative estimate of drug-likeness (QED) is 0.437. The summed E-state index contributed by atoms with van der Waals surface area (Å²) in [5, 5.41) is 21.1. The van der Waals surface area contributed by atoms with E-state index in [0.29, 0.717) is 5.56 Å². The fourth-order valence-electron chi connectivity index (χ4n) is 2.59. The number of hydrazine groups is 1. The van der Waals surface area contributed by atoms with Gasteiger partial charge in [-0.05, 0) is 35.4 Å². The lowest BCUT2D eigenvalue weighted by Gasteiger charge is -2.22. The number of phenolic OH excluding ortho intramolecular Hbond substituents is 1. The average molecular weight is 437 g/mol. The molecule has 0 fully saturated rings. The minimum absolute atomic E-state index is 0.00285. The molecule has 10 nitrogen and oxygen atoms in total. The summed E-state index contributed by atoms with van der Waals surface area (Å²) in [7, 11) is 0. The molecule has 3 rings (SSSR count). The first-order valence-electron chi connectivity index (χ1n) is 9.40. The first-order valence-corrected chi connectivity index (χ1v) is 9.40. The normalized spacial score (nSPS) is 10.1. The second-order valence-electron chi connectivity index (χ2n) is 6.55. The maximum Gasteiger partial charge on any atom is 0.434 e. The number of nitrogens with zero attached hydrogens (tertiary/aromatic N) is 2. The number of carbonyl (C=O) groups is 2. The predicted octanol–water partition coefficient (Wildman–Crippen LogP) is 4.14. The maximum absolute atomic E-state index is 12.7. The van der Waals surface area contributed by atoms with Crippen LogP contribution >= 0.6 is 0 Å². The Bertz CT molecular complexity index is 1070. The van der Waals surface area contributed by atoms with Gasteiger partial charge in [0.1, 0.15) is 18.1 Å². The van der Waals surface area contributed by atoms with Crippen molar-refractivity contribution in [1.29, 1.82) is 0 Å². The highest BCUT2D eigenvalue weighted by Gasteiger charge is 2.20. The van der Waals surface area contributed by atoms with E-state index in [9.17, 15) is 24.8 Å². The molecular formula is C22H19N3O7. The zero-order valence-electron chi connectivity index (χ0n) is 16.7. The summed E-state index contributed by atoms with van der Waals surface area (Å²) in [6.07, 6.45) is -1.82.